The molecular formula is C15H19N3O2S. The molecule has 0 unspecified atom stereocenters. The number of fused-ring (bicyclic) bond motifs is 1. The summed E-state index contributed by atoms with van der Waals surface area (Å²) in [6.07, 6.45) is 0.170. The molecule has 6 heteroatoms. The van der Waals surface area contributed by atoms with Crippen molar-refractivity contribution in [1.29, 1.82) is 0 Å². The van der Waals surface area contributed by atoms with Gasteiger partial charge in [-0.15, -0.1) is 11.3 Å². The Kier molecular flexibility index (Phi) is 4.07. The first-order valence-electron chi connectivity index (χ1n) is 7.14. The Hall–Kier alpha value is -1.66. The summed E-state index contributed by atoms with van der Waals surface area (Å²) in [6.45, 7) is 5.72. The van der Waals surface area contributed by atoms with Crippen LogP contribution in [0.4, 0.5) is 4.79 Å². The Balaban J connectivity index is 1.60. The SMILES string of the molecule is C[C@@H]1CN(C(=O)NCc2nc3ccccc3s2)C[C@@H](C)O1. The molecule has 0 aliphatic carbocycles. The molecule has 1 aliphatic heterocycles. The molecule has 5 nitrogen and oxygen atoms in total. The number of hydrogen-bond acceptors (Lipinski definition) is 4. The summed E-state index contributed by atoms with van der Waals surface area (Å²) in [5.74, 6) is 0. The van der Waals surface area contributed by atoms with Crippen LogP contribution in [0.25, 0.3) is 10.2 Å². The van der Waals surface area contributed by atoms with E-state index in [1.165, 1.54) is 0 Å². The van der Waals surface area contributed by atoms with Gasteiger partial charge in [-0.2, -0.15) is 0 Å². The molecule has 1 N–H and O–H groups in total. The number of aromatic nitrogens is 1. The van der Waals surface area contributed by atoms with E-state index < -0.39 is 0 Å². The number of amides is 2. The summed E-state index contributed by atoms with van der Waals surface area (Å²) in [6, 6.07) is 7.96. The van der Waals surface area contributed by atoms with Crippen LogP contribution < -0.4 is 5.32 Å². The lowest BCUT2D eigenvalue weighted by atomic mass is 10.2. The van der Waals surface area contributed by atoms with Gasteiger partial charge in [0, 0.05) is 13.1 Å². The van der Waals surface area contributed by atoms with E-state index in [-0.39, 0.29) is 18.2 Å². The van der Waals surface area contributed by atoms with Crippen LogP contribution in [0.2, 0.25) is 0 Å². The minimum absolute atomic E-state index is 0.0451. The monoisotopic (exact) mass is 305 g/mol. The van der Waals surface area contributed by atoms with Gasteiger partial charge in [0.05, 0.1) is 29.0 Å². The zero-order chi connectivity index (χ0) is 14.8. The first-order valence-corrected chi connectivity index (χ1v) is 7.96. The molecule has 1 aromatic carbocycles. The van der Waals surface area contributed by atoms with Gasteiger partial charge in [-0.05, 0) is 26.0 Å². The molecule has 21 heavy (non-hydrogen) atoms. The van der Waals surface area contributed by atoms with Crippen molar-refractivity contribution in [2.24, 2.45) is 0 Å². The largest absolute Gasteiger partial charge is 0.372 e. The molecule has 1 aliphatic rings. The van der Waals surface area contributed by atoms with Gasteiger partial charge in [-0.3, -0.25) is 0 Å². The lowest BCUT2D eigenvalue weighted by Gasteiger charge is -2.35. The molecule has 112 valence electrons. The second kappa shape index (κ2) is 5.99. The van der Waals surface area contributed by atoms with Gasteiger partial charge >= 0.3 is 6.03 Å². The van der Waals surface area contributed by atoms with Crippen LogP contribution in [0.1, 0.15) is 18.9 Å². The van der Waals surface area contributed by atoms with E-state index in [4.69, 9.17) is 4.74 Å². The molecule has 3 rings (SSSR count). The molecule has 1 aromatic heterocycles. The van der Waals surface area contributed by atoms with Crippen LogP contribution in [0.5, 0.6) is 0 Å². The van der Waals surface area contributed by atoms with Gasteiger partial charge in [0.15, 0.2) is 0 Å². The molecule has 2 heterocycles. The fourth-order valence-electron chi connectivity index (χ4n) is 2.60. The zero-order valence-corrected chi connectivity index (χ0v) is 13.0. The normalized spacial score (nSPS) is 22.5. The Morgan fingerprint density at radius 2 is 2.10 bits per heavy atom. The van der Waals surface area contributed by atoms with Gasteiger partial charge in [0.2, 0.25) is 0 Å². The maximum Gasteiger partial charge on any atom is 0.317 e. The highest BCUT2D eigenvalue weighted by Crippen LogP contribution is 2.21. The average Bonchev–Trinajstić information content (AvgIpc) is 2.86. The number of benzene rings is 1. The number of rotatable bonds is 2. The highest BCUT2D eigenvalue weighted by Gasteiger charge is 2.25. The van der Waals surface area contributed by atoms with Gasteiger partial charge in [0.25, 0.3) is 0 Å². The molecule has 2 aromatic rings. The van der Waals surface area contributed by atoms with Crippen molar-refractivity contribution in [1.82, 2.24) is 15.2 Å². The molecule has 0 saturated carbocycles. The van der Waals surface area contributed by atoms with Crippen LogP contribution in [0.15, 0.2) is 24.3 Å². The number of nitrogens with zero attached hydrogens (tertiary/aromatic N) is 2. The number of hydrogen-bond donors (Lipinski definition) is 1. The van der Waals surface area contributed by atoms with Crippen LogP contribution in [-0.4, -0.2) is 41.2 Å². The maximum atomic E-state index is 12.2. The third kappa shape index (κ3) is 3.33. The molecule has 0 radical (unpaired) electrons. The second-order valence-corrected chi connectivity index (χ2v) is 6.51. The lowest BCUT2D eigenvalue weighted by molar-refractivity contribution is -0.0545. The number of thiazole rings is 1. The predicted molar refractivity (Wildman–Crippen MR) is 83.4 cm³/mol. The number of carbonyl (C=O) groups excluding carboxylic acids is 1. The standard InChI is InChI=1S/C15H19N3O2S/c1-10-8-18(9-11(2)20-10)15(19)16-7-14-17-12-5-3-4-6-13(12)21-14/h3-6,10-11H,7-9H2,1-2H3,(H,16,19)/t10-,11-/m1/s1. The predicted octanol–water partition coefficient (Wildman–Crippen LogP) is 2.62. The third-order valence-corrected chi connectivity index (χ3v) is 4.47. The van der Waals surface area contributed by atoms with Gasteiger partial charge in [0.1, 0.15) is 5.01 Å². The van der Waals surface area contributed by atoms with Crippen molar-refractivity contribution < 1.29 is 9.53 Å². The fraction of sp³-hybridized carbons (Fsp3) is 0.467. The van der Waals surface area contributed by atoms with E-state index >= 15 is 0 Å². The number of carbonyl (C=O) groups is 1. The summed E-state index contributed by atoms with van der Waals surface area (Å²) in [7, 11) is 0. The van der Waals surface area contributed by atoms with Crippen molar-refractivity contribution in [3.05, 3.63) is 29.3 Å². The Morgan fingerprint density at radius 3 is 2.81 bits per heavy atom. The summed E-state index contributed by atoms with van der Waals surface area (Å²) in [4.78, 5) is 18.5. The quantitative estimate of drug-likeness (QED) is 0.928. The van der Waals surface area contributed by atoms with Gasteiger partial charge in [-0.1, -0.05) is 12.1 Å². The molecule has 2 atom stereocenters. The lowest BCUT2D eigenvalue weighted by Crippen LogP contribution is -2.51. The fourth-order valence-corrected chi connectivity index (χ4v) is 3.51. The Bertz CT molecular complexity index is 600. The smallest absolute Gasteiger partial charge is 0.317 e. The molecule has 2 amide bonds. The molecular weight excluding hydrogens is 286 g/mol. The maximum absolute atomic E-state index is 12.2. The molecule has 0 spiro atoms. The van der Waals surface area contributed by atoms with E-state index in [0.717, 1.165) is 15.2 Å². The topological polar surface area (TPSA) is 54.5 Å². The number of nitrogens with one attached hydrogen (secondary N) is 1. The summed E-state index contributed by atoms with van der Waals surface area (Å²) < 4.78 is 6.79. The van der Waals surface area contributed by atoms with Crippen LogP contribution >= 0.6 is 11.3 Å². The zero-order valence-electron chi connectivity index (χ0n) is 12.2. The number of morpholine rings is 1. The van der Waals surface area contributed by atoms with Crippen molar-refractivity contribution in [3.63, 3.8) is 0 Å². The Labute approximate surface area is 127 Å². The van der Waals surface area contributed by atoms with Crippen molar-refractivity contribution in [2.45, 2.75) is 32.6 Å². The van der Waals surface area contributed by atoms with E-state index in [1.54, 1.807) is 11.3 Å². The average molecular weight is 305 g/mol. The Morgan fingerprint density at radius 1 is 1.38 bits per heavy atom. The summed E-state index contributed by atoms with van der Waals surface area (Å²) >= 11 is 1.62. The van der Waals surface area contributed by atoms with Crippen LogP contribution in [0, 0.1) is 0 Å². The summed E-state index contributed by atoms with van der Waals surface area (Å²) in [5.41, 5.74) is 0.986. The second-order valence-electron chi connectivity index (χ2n) is 5.40. The van der Waals surface area contributed by atoms with E-state index in [2.05, 4.69) is 10.3 Å². The van der Waals surface area contributed by atoms with E-state index in [0.29, 0.717) is 19.6 Å². The van der Waals surface area contributed by atoms with Gasteiger partial charge < -0.3 is 15.0 Å². The number of ether oxygens (including phenoxy) is 1. The number of para-hydroxylation sites is 1. The van der Waals surface area contributed by atoms with Gasteiger partial charge in [-0.25, -0.2) is 9.78 Å². The molecule has 1 saturated heterocycles. The highest BCUT2D eigenvalue weighted by molar-refractivity contribution is 7.18. The van der Waals surface area contributed by atoms with Crippen LogP contribution in [-0.2, 0) is 11.3 Å². The minimum atomic E-state index is -0.0451. The van der Waals surface area contributed by atoms with Crippen molar-refractivity contribution >= 4 is 27.6 Å². The van der Waals surface area contributed by atoms with E-state index in [9.17, 15) is 4.79 Å². The first kappa shape index (κ1) is 14.3. The van der Waals surface area contributed by atoms with Crippen molar-refractivity contribution in [2.75, 3.05) is 13.1 Å². The first-order chi connectivity index (χ1) is 10.1. The van der Waals surface area contributed by atoms with Crippen molar-refractivity contribution in [3.8, 4) is 0 Å². The van der Waals surface area contributed by atoms with Crippen LogP contribution in [0.3, 0.4) is 0 Å². The highest BCUT2D eigenvalue weighted by atomic mass is 32.1. The molecule has 0 bridgehead atoms. The minimum Gasteiger partial charge on any atom is -0.372 e. The summed E-state index contributed by atoms with van der Waals surface area (Å²) in [5, 5.41) is 3.88. The molecule has 1 fully saturated rings. The third-order valence-electron chi connectivity index (χ3n) is 3.44. The van der Waals surface area contributed by atoms with E-state index in [1.807, 2.05) is 43.0 Å². The number of urea groups is 1.